The molecule has 0 saturated carbocycles. The summed E-state index contributed by atoms with van der Waals surface area (Å²) in [5.41, 5.74) is 0.507. The van der Waals surface area contributed by atoms with Crippen molar-refractivity contribution in [2.75, 3.05) is 21.3 Å². The van der Waals surface area contributed by atoms with Gasteiger partial charge in [-0.15, -0.1) is 0 Å². The minimum atomic E-state index is -0.906. The van der Waals surface area contributed by atoms with Gasteiger partial charge in [0.2, 0.25) is 5.75 Å². The molecule has 0 aliphatic rings. The Morgan fingerprint density at radius 3 is 2.28 bits per heavy atom. The Kier molecular flexibility index (Phi) is 5.90. The molecule has 7 heteroatoms. The molecule has 0 fully saturated rings. The van der Waals surface area contributed by atoms with Gasteiger partial charge in [-0.1, -0.05) is 6.92 Å². The monoisotopic (exact) mass is 344 g/mol. The molecule has 0 aliphatic carbocycles. The minimum Gasteiger partial charge on any atom is -0.493 e. The van der Waals surface area contributed by atoms with Crippen molar-refractivity contribution < 1.29 is 23.4 Å². The summed E-state index contributed by atoms with van der Waals surface area (Å²) in [5, 5.41) is 12.1. The molecule has 1 atom stereocenters. The van der Waals surface area contributed by atoms with Gasteiger partial charge < -0.3 is 23.9 Å². The van der Waals surface area contributed by atoms with E-state index in [4.69, 9.17) is 18.6 Å². The molecular weight excluding hydrogens is 324 g/mol. The molecule has 132 valence electrons. The number of hydrogen-bond acceptors (Lipinski definition) is 6. The van der Waals surface area contributed by atoms with E-state index < -0.39 is 11.9 Å². The summed E-state index contributed by atoms with van der Waals surface area (Å²) >= 11 is 0. The number of methoxy groups -OCH3 is 3. The standard InChI is InChI=1S/C18H20N2O5/c1-5-12-6-7-14(25-12)18(21)20-13(10-19)11-8-15(22-2)17(24-4)16(9-11)23-3/h6-9,13H,5H2,1-4H3,(H,20,21)/t13-/m0/s1. The molecule has 2 aromatic rings. The van der Waals surface area contributed by atoms with E-state index in [0.717, 1.165) is 0 Å². The predicted octanol–water partition coefficient (Wildman–Crippen LogP) is 2.86. The fourth-order valence-electron chi connectivity index (χ4n) is 2.35. The van der Waals surface area contributed by atoms with Crippen LogP contribution in [0.25, 0.3) is 0 Å². The van der Waals surface area contributed by atoms with Gasteiger partial charge in [-0.05, 0) is 29.8 Å². The molecule has 1 amide bonds. The van der Waals surface area contributed by atoms with Crippen LogP contribution in [0.15, 0.2) is 28.7 Å². The number of nitriles is 1. The van der Waals surface area contributed by atoms with Gasteiger partial charge in [0.1, 0.15) is 11.8 Å². The highest BCUT2D eigenvalue weighted by Crippen LogP contribution is 2.39. The summed E-state index contributed by atoms with van der Waals surface area (Å²) in [6, 6.07) is 7.70. The van der Waals surface area contributed by atoms with E-state index in [1.54, 1.807) is 24.3 Å². The summed E-state index contributed by atoms with van der Waals surface area (Å²) in [4.78, 5) is 12.3. The highest BCUT2D eigenvalue weighted by atomic mass is 16.5. The number of rotatable bonds is 7. The molecule has 2 rings (SSSR count). The Balaban J connectivity index is 2.31. The van der Waals surface area contributed by atoms with Gasteiger partial charge in [0, 0.05) is 6.42 Å². The molecule has 7 nitrogen and oxygen atoms in total. The highest BCUT2D eigenvalue weighted by molar-refractivity contribution is 5.92. The molecular formula is C18H20N2O5. The number of carbonyl (C=O) groups excluding carboxylic acids is 1. The van der Waals surface area contributed by atoms with Crippen LogP contribution >= 0.6 is 0 Å². The third kappa shape index (κ3) is 3.86. The lowest BCUT2D eigenvalue weighted by molar-refractivity contribution is 0.0915. The zero-order chi connectivity index (χ0) is 18.4. The molecule has 1 aromatic carbocycles. The van der Waals surface area contributed by atoms with E-state index in [1.807, 2.05) is 6.92 Å². The van der Waals surface area contributed by atoms with Crippen molar-refractivity contribution in [2.45, 2.75) is 19.4 Å². The third-order valence-electron chi connectivity index (χ3n) is 3.66. The summed E-state index contributed by atoms with van der Waals surface area (Å²) in [6.07, 6.45) is 0.682. The second-order valence-electron chi connectivity index (χ2n) is 5.11. The fourth-order valence-corrected chi connectivity index (χ4v) is 2.35. The van der Waals surface area contributed by atoms with Crippen molar-refractivity contribution in [3.05, 3.63) is 41.3 Å². The van der Waals surface area contributed by atoms with Gasteiger partial charge in [0.05, 0.1) is 27.4 Å². The maximum atomic E-state index is 12.3. The average molecular weight is 344 g/mol. The molecule has 25 heavy (non-hydrogen) atoms. The molecule has 0 unspecified atom stereocenters. The van der Waals surface area contributed by atoms with Crippen LogP contribution < -0.4 is 19.5 Å². The fraction of sp³-hybridized carbons (Fsp3) is 0.333. The van der Waals surface area contributed by atoms with Crippen LogP contribution in [0.4, 0.5) is 0 Å². The number of hydrogen-bond donors (Lipinski definition) is 1. The largest absolute Gasteiger partial charge is 0.493 e. The lowest BCUT2D eigenvalue weighted by Gasteiger charge is -2.17. The minimum absolute atomic E-state index is 0.157. The molecule has 1 N–H and O–H groups in total. The van der Waals surface area contributed by atoms with Crippen molar-refractivity contribution in [3.63, 3.8) is 0 Å². The van der Waals surface area contributed by atoms with Crippen LogP contribution in [0.3, 0.4) is 0 Å². The maximum absolute atomic E-state index is 12.3. The number of ether oxygens (including phenoxy) is 3. The Morgan fingerprint density at radius 1 is 1.20 bits per heavy atom. The zero-order valence-electron chi connectivity index (χ0n) is 14.6. The van der Waals surface area contributed by atoms with E-state index in [-0.39, 0.29) is 5.76 Å². The number of aryl methyl sites for hydroxylation is 1. The van der Waals surface area contributed by atoms with E-state index >= 15 is 0 Å². The Hall–Kier alpha value is -3.14. The third-order valence-corrected chi connectivity index (χ3v) is 3.66. The topological polar surface area (TPSA) is 93.7 Å². The number of carbonyl (C=O) groups is 1. The molecule has 0 saturated heterocycles. The number of benzene rings is 1. The quantitative estimate of drug-likeness (QED) is 0.830. The number of furan rings is 1. The predicted molar refractivity (Wildman–Crippen MR) is 90.0 cm³/mol. The molecule has 0 radical (unpaired) electrons. The van der Waals surface area contributed by atoms with Crippen LogP contribution in [0.5, 0.6) is 17.2 Å². The van der Waals surface area contributed by atoms with E-state index in [9.17, 15) is 10.1 Å². The van der Waals surface area contributed by atoms with E-state index in [2.05, 4.69) is 11.4 Å². The zero-order valence-corrected chi connectivity index (χ0v) is 14.6. The Labute approximate surface area is 146 Å². The first-order chi connectivity index (χ1) is 12.1. The lowest BCUT2D eigenvalue weighted by Crippen LogP contribution is -2.27. The summed E-state index contributed by atoms with van der Waals surface area (Å²) in [7, 11) is 4.46. The maximum Gasteiger partial charge on any atom is 0.288 e. The highest BCUT2D eigenvalue weighted by Gasteiger charge is 2.22. The molecule has 0 spiro atoms. The molecule has 0 bridgehead atoms. The smallest absolute Gasteiger partial charge is 0.288 e. The van der Waals surface area contributed by atoms with Gasteiger partial charge in [-0.2, -0.15) is 5.26 Å². The van der Waals surface area contributed by atoms with Crippen molar-refractivity contribution in [1.82, 2.24) is 5.32 Å². The van der Waals surface area contributed by atoms with Crippen LogP contribution in [0.2, 0.25) is 0 Å². The lowest BCUT2D eigenvalue weighted by atomic mass is 10.1. The van der Waals surface area contributed by atoms with Crippen molar-refractivity contribution >= 4 is 5.91 Å². The normalized spacial score (nSPS) is 11.3. The van der Waals surface area contributed by atoms with Crippen LogP contribution in [0.1, 0.15) is 34.8 Å². The van der Waals surface area contributed by atoms with Gasteiger partial charge in [0.15, 0.2) is 17.3 Å². The van der Waals surface area contributed by atoms with Gasteiger partial charge in [-0.3, -0.25) is 4.79 Å². The first-order valence-corrected chi connectivity index (χ1v) is 7.67. The van der Waals surface area contributed by atoms with Crippen molar-refractivity contribution in [3.8, 4) is 23.3 Å². The van der Waals surface area contributed by atoms with Gasteiger partial charge in [-0.25, -0.2) is 0 Å². The average Bonchev–Trinajstić information content (AvgIpc) is 3.13. The van der Waals surface area contributed by atoms with Crippen molar-refractivity contribution in [1.29, 1.82) is 5.26 Å². The van der Waals surface area contributed by atoms with Gasteiger partial charge >= 0.3 is 0 Å². The SMILES string of the molecule is CCc1ccc(C(=O)N[C@@H](C#N)c2cc(OC)c(OC)c(OC)c2)o1. The Morgan fingerprint density at radius 2 is 1.84 bits per heavy atom. The summed E-state index contributed by atoms with van der Waals surface area (Å²) in [5.74, 6) is 1.60. The molecule has 0 aliphatic heterocycles. The van der Waals surface area contributed by atoms with Crippen LogP contribution in [-0.4, -0.2) is 27.2 Å². The Bertz CT molecular complexity index is 766. The first kappa shape index (κ1) is 18.2. The second-order valence-corrected chi connectivity index (χ2v) is 5.11. The van der Waals surface area contributed by atoms with E-state index in [1.165, 1.54) is 21.3 Å². The van der Waals surface area contributed by atoms with E-state index in [0.29, 0.717) is 35.0 Å². The van der Waals surface area contributed by atoms with Crippen molar-refractivity contribution in [2.24, 2.45) is 0 Å². The first-order valence-electron chi connectivity index (χ1n) is 7.67. The second kappa shape index (κ2) is 8.11. The van der Waals surface area contributed by atoms with Crippen LogP contribution in [0, 0.1) is 11.3 Å². The van der Waals surface area contributed by atoms with Crippen LogP contribution in [-0.2, 0) is 6.42 Å². The number of nitrogens with zero attached hydrogens (tertiary/aromatic N) is 1. The summed E-state index contributed by atoms with van der Waals surface area (Å²) in [6.45, 7) is 1.93. The van der Waals surface area contributed by atoms with Gasteiger partial charge in [0.25, 0.3) is 5.91 Å². The summed E-state index contributed by atoms with van der Waals surface area (Å²) < 4.78 is 21.2. The number of amides is 1. The number of nitrogens with one attached hydrogen (secondary N) is 1. The molecule has 1 aromatic heterocycles. The molecule has 1 heterocycles.